The van der Waals surface area contributed by atoms with Gasteiger partial charge in [-0.2, -0.15) is 5.10 Å². The summed E-state index contributed by atoms with van der Waals surface area (Å²) in [5, 5.41) is 11.0. The van der Waals surface area contributed by atoms with Crippen LogP contribution in [0.15, 0.2) is 42.5 Å². The number of carbonyl (C=O) groups is 2. The lowest BCUT2D eigenvalue weighted by Crippen LogP contribution is -2.28. The molecule has 0 radical (unpaired) electrons. The van der Waals surface area contributed by atoms with E-state index >= 15 is 0 Å². The van der Waals surface area contributed by atoms with Gasteiger partial charge >= 0.3 is 0 Å². The molecule has 6 nitrogen and oxygen atoms in total. The predicted octanol–water partition coefficient (Wildman–Crippen LogP) is 3.17. The van der Waals surface area contributed by atoms with E-state index in [9.17, 15) is 9.59 Å². The third kappa shape index (κ3) is 2.94. The van der Waals surface area contributed by atoms with Crippen LogP contribution in [0, 0.1) is 19.8 Å². The second kappa shape index (κ2) is 6.29. The smallest absolute Gasteiger partial charge is 0.229 e. The van der Waals surface area contributed by atoms with Crippen LogP contribution in [0.4, 0.5) is 11.5 Å². The molecule has 2 heterocycles. The number of fused-ring (bicyclic) bond motifs is 1. The zero-order valence-corrected chi connectivity index (χ0v) is 14.7. The number of aryl methyl sites for hydroxylation is 2. The van der Waals surface area contributed by atoms with Crippen LogP contribution < -0.4 is 10.2 Å². The number of H-pyrrole nitrogens is 1. The fourth-order valence-corrected chi connectivity index (χ4v) is 3.53. The van der Waals surface area contributed by atoms with E-state index < -0.39 is 5.92 Å². The quantitative estimate of drug-likeness (QED) is 0.763. The molecule has 1 aliphatic rings. The van der Waals surface area contributed by atoms with Crippen LogP contribution in [0.1, 0.15) is 17.5 Å². The minimum atomic E-state index is -0.390. The minimum Gasteiger partial charge on any atom is -0.326 e. The summed E-state index contributed by atoms with van der Waals surface area (Å²) in [5.41, 5.74) is 3.82. The maximum absolute atomic E-state index is 12.6. The number of rotatable bonds is 3. The summed E-state index contributed by atoms with van der Waals surface area (Å²) in [6, 6.07) is 13.6. The Kier molecular flexibility index (Phi) is 3.95. The van der Waals surface area contributed by atoms with Gasteiger partial charge in [0.15, 0.2) is 5.82 Å². The van der Waals surface area contributed by atoms with Crippen LogP contribution >= 0.6 is 0 Å². The lowest BCUT2D eigenvalue weighted by atomic mass is 10.1. The zero-order valence-electron chi connectivity index (χ0n) is 14.7. The molecular formula is C20H20N4O2. The zero-order chi connectivity index (χ0) is 18.3. The maximum Gasteiger partial charge on any atom is 0.229 e. The van der Waals surface area contributed by atoms with Crippen molar-refractivity contribution in [3.8, 4) is 0 Å². The monoisotopic (exact) mass is 348 g/mol. The average Bonchev–Trinajstić information content (AvgIpc) is 3.17. The van der Waals surface area contributed by atoms with Gasteiger partial charge in [-0.15, -0.1) is 0 Å². The van der Waals surface area contributed by atoms with Crippen molar-refractivity contribution in [2.45, 2.75) is 20.3 Å². The van der Waals surface area contributed by atoms with Gasteiger partial charge in [-0.25, -0.2) is 0 Å². The Morgan fingerprint density at radius 1 is 1.19 bits per heavy atom. The molecule has 0 aliphatic carbocycles. The number of hydrogen-bond acceptors (Lipinski definition) is 3. The largest absolute Gasteiger partial charge is 0.326 e. The second-order valence-electron chi connectivity index (χ2n) is 6.86. The predicted molar refractivity (Wildman–Crippen MR) is 101 cm³/mol. The van der Waals surface area contributed by atoms with Crippen molar-refractivity contribution in [3.05, 3.63) is 53.6 Å². The third-order valence-electron chi connectivity index (χ3n) is 4.69. The highest BCUT2D eigenvalue weighted by Crippen LogP contribution is 2.30. The summed E-state index contributed by atoms with van der Waals surface area (Å²) in [5.74, 6) is -0.0143. The highest BCUT2D eigenvalue weighted by atomic mass is 16.2. The van der Waals surface area contributed by atoms with E-state index in [-0.39, 0.29) is 18.2 Å². The Bertz CT molecular complexity index is 988. The van der Waals surface area contributed by atoms with Crippen LogP contribution in [0.3, 0.4) is 0 Å². The molecule has 2 N–H and O–H groups in total. The van der Waals surface area contributed by atoms with Crippen LogP contribution in [-0.2, 0) is 9.59 Å². The van der Waals surface area contributed by atoms with E-state index in [1.54, 1.807) is 4.90 Å². The molecule has 1 aliphatic heterocycles. The lowest BCUT2D eigenvalue weighted by Gasteiger charge is -2.14. The molecule has 1 aromatic heterocycles. The molecule has 0 bridgehead atoms. The van der Waals surface area contributed by atoms with Crippen LogP contribution in [0.25, 0.3) is 10.9 Å². The normalized spacial score (nSPS) is 17.1. The number of nitrogens with one attached hydrogen (secondary N) is 2. The first-order valence-corrected chi connectivity index (χ1v) is 8.64. The van der Waals surface area contributed by atoms with Gasteiger partial charge in [0.05, 0.1) is 11.4 Å². The number of amides is 2. The van der Waals surface area contributed by atoms with E-state index in [0.29, 0.717) is 12.4 Å². The Hall–Kier alpha value is -3.15. The van der Waals surface area contributed by atoms with Crippen LogP contribution in [0.2, 0.25) is 0 Å². The third-order valence-corrected chi connectivity index (χ3v) is 4.69. The molecule has 6 heteroatoms. The summed E-state index contributed by atoms with van der Waals surface area (Å²) in [6.45, 7) is 4.32. The fraction of sp³-hybridized carbons (Fsp3) is 0.250. The van der Waals surface area contributed by atoms with E-state index in [2.05, 4.69) is 21.6 Å². The van der Waals surface area contributed by atoms with Crippen molar-refractivity contribution >= 4 is 34.2 Å². The number of carbonyl (C=O) groups excluding carboxylic acids is 2. The number of nitrogens with zero attached hydrogens (tertiary/aromatic N) is 2. The summed E-state index contributed by atoms with van der Waals surface area (Å²) in [7, 11) is 0. The Balaban J connectivity index is 1.53. The van der Waals surface area contributed by atoms with Crippen molar-refractivity contribution in [1.82, 2.24) is 10.2 Å². The molecule has 0 unspecified atom stereocenters. The van der Waals surface area contributed by atoms with Crippen molar-refractivity contribution in [3.63, 3.8) is 0 Å². The molecule has 132 valence electrons. The van der Waals surface area contributed by atoms with Crippen molar-refractivity contribution < 1.29 is 9.59 Å². The Morgan fingerprint density at radius 3 is 2.69 bits per heavy atom. The number of aromatic nitrogens is 2. The maximum atomic E-state index is 12.6. The first-order valence-electron chi connectivity index (χ1n) is 8.64. The van der Waals surface area contributed by atoms with E-state index in [4.69, 9.17) is 0 Å². The first kappa shape index (κ1) is 16.3. The van der Waals surface area contributed by atoms with Gasteiger partial charge < -0.3 is 5.32 Å². The molecule has 3 aromatic rings. The molecule has 0 saturated carbocycles. The summed E-state index contributed by atoms with van der Waals surface area (Å²) in [6.07, 6.45) is 0.192. The minimum absolute atomic E-state index is 0.0807. The molecular weight excluding hydrogens is 328 g/mol. The van der Waals surface area contributed by atoms with E-state index in [1.807, 2.05) is 50.2 Å². The van der Waals surface area contributed by atoms with Gasteiger partial charge in [0, 0.05) is 24.0 Å². The van der Waals surface area contributed by atoms with Crippen molar-refractivity contribution in [2.24, 2.45) is 5.92 Å². The van der Waals surface area contributed by atoms with Gasteiger partial charge in [-0.1, -0.05) is 18.2 Å². The Morgan fingerprint density at radius 2 is 1.92 bits per heavy atom. The fourth-order valence-electron chi connectivity index (χ4n) is 3.53. The molecule has 1 saturated heterocycles. The van der Waals surface area contributed by atoms with Crippen LogP contribution in [0.5, 0.6) is 0 Å². The average molecular weight is 348 g/mol. The number of para-hydroxylation sites is 1. The molecule has 2 aromatic carbocycles. The lowest BCUT2D eigenvalue weighted by molar-refractivity contribution is -0.122. The van der Waals surface area contributed by atoms with Crippen LogP contribution in [-0.4, -0.2) is 28.6 Å². The SMILES string of the molecule is Cc1cc(C)cc(NC(=O)[C@H]2CC(=O)N(c3n[nH]c4ccccc34)C2)c1. The topological polar surface area (TPSA) is 78.1 Å². The Labute approximate surface area is 151 Å². The molecule has 0 spiro atoms. The van der Waals surface area contributed by atoms with Gasteiger partial charge in [0.25, 0.3) is 0 Å². The van der Waals surface area contributed by atoms with E-state index in [0.717, 1.165) is 27.7 Å². The highest BCUT2D eigenvalue weighted by molar-refractivity contribution is 6.06. The molecule has 26 heavy (non-hydrogen) atoms. The molecule has 2 amide bonds. The van der Waals surface area contributed by atoms with Gasteiger partial charge in [-0.05, 0) is 49.2 Å². The summed E-state index contributed by atoms with van der Waals surface area (Å²) in [4.78, 5) is 26.7. The number of anilines is 2. The standard InChI is InChI=1S/C20H20N4O2/c1-12-7-13(2)9-15(8-12)21-20(26)14-10-18(25)24(11-14)19-16-5-3-4-6-17(16)22-23-19/h3-9,14H,10-11H2,1-2H3,(H,21,26)(H,22,23)/t14-/m0/s1. The van der Waals surface area contributed by atoms with Gasteiger partial charge in [-0.3, -0.25) is 19.6 Å². The molecule has 1 fully saturated rings. The van der Waals surface area contributed by atoms with Crippen molar-refractivity contribution in [1.29, 1.82) is 0 Å². The molecule has 1 atom stereocenters. The number of benzene rings is 2. The molecule has 4 rings (SSSR count). The summed E-state index contributed by atoms with van der Waals surface area (Å²) < 4.78 is 0. The second-order valence-corrected chi connectivity index (χ2v) is 6.86. The van der Waals surface area contributed by atoms with E-state index in [1.165, 1.54) is 0 Å². The van der Waals surface area contributed by atoms with Crippen molar-refractivity contribution in [2.75, 3.05) is 16.8 Å². The first-order chi connectivity index (χ1) is 12.5. The number of hydrogen-bond donors (Lipinski definition) is 2. The number of aromatic amines is 1. The highest BCUT2D eigenvalue weighted by Gasteiger charge is 2.36. The van der Waals surface area contributed by atoms with Gasteiger partial charge in [0.2, 0.25) is 11.8 Å². The summed E-state index contributed by atoms with van der Waals surface area (Å²) >= 11 is 0. The van der Waals surface area contributed by atoms with Gasteiger partial charge in [0.1, 0.15) is 0 Å².